The van der Waals surface area contributed by atoms with Gasteiger partial charge in [-0.3, -0.25) is 5.41 Å². The standard InChI is InChI=1S/C7H5ClF2N2/c8-3-1-2-4(9)5(6(3)10)7(11)12/h1-2H,(H3,11,12). The van der Waals surface area contributed by atoms with Gasteiger partial charge in [0.25, 0.3) is 0 Å². The van der Waals surface area contributed by atoms with E-state index in [1.54, 1.807) is 0 Å². The second kappa shape index (κ2) is 3.06. The zero-order chi connectivity index (χ0) is 9.30. The average molecular weight is 191 g/mol. The van der Waals surface area contributed by atoms with Crippen LogP contribution in [0.2, 0.25) is 5.02 Å². The average Bonchev–Trinajstić information content (AvgIpc) is 1.97. The van der Waals surface area contributed by atoms with Crippen molar-refractivity contribution in [2.45, 2.75) is 0 Å². The first-order valence-electron chi connectivity index (χ1n) is 3.02. The highest BCUT2D eigenvalue weighted by Crippen LogP contribution is 2.20. The van der Waals surface area contributed by atoms with Crippen molar-refractivity contribution < 1.29 is 8.78 Å². The minimum Gasteiger partial charge on any atom is -0.384 e. The van der Waals surface area contributed by atoms with Crippen LogP contribution in [0, 0.1) is 17.0 Å². The van der Waals surface area contributed by atoms with Gasteiger partial charge in [-0.1, -0.05) is 11.6 Å². The van der Waals surface area contributed by atoms with Crippen molar-refractivity contribution in [2.75, 3.05) is 0 Å². The maximum absolute atomic E-state index is 12.9. The summed E-state index contributed by atoms with van der Waals surface area (Å²) in [7, 11) is 0. The van der Waals surface area contributed by atoms with Crippen LogP contribution in [0.1, 0.15) is 5.56 Å². The second-order valence-electron chi connectivity index (χ2n) is 2.13. The molecule has 0 aliphatic carbocycles. The summed E-state index contributed by atoms with van der Waals surface area (Å²) in [6.45, 7) is 0. The Bertz CT molecular complexity index is 338. The summed E-state index contributed by atoms with van der Waals surface area (Å²) in [5.41, 5.74) is 4.35. The van der Waals surface area contributed by atoms with Crippen LogP contribution in [0.3, 0.4) is 0 Å². The van der Waals surface area contributed by atoms with E-state index in [0.717, 1.165) is 12.1 Å². The highest BCUT2D eigenvalue weighted by Gasteiger charge is 2.14. The summed E-state index contributed by atoms with van der Waals surface area (Å²) < 4.78 is 25.7. The molecule has 0 aromatic heterocycles. The van der Waals surface area contributed by atoms with E-state index >= 15 is 0 Å². The smallest absolute Gasteiger partial charge is 0.155 e. The van der Waals surface area contributed by atoms with E-state index in [4.69, 9.17) is 22.7 Å². The van der Waals surface area contributed by atoms with Crippen LogP contribution in [-0.2, 0) is 0 Å². The van der Waals surface area contributed by atoms with Gasteiger partial charge >= 0.3 is 0 Å². The summed E-state index contributed by atoms with van der Waals surface area (Å²) in [5.74, 6) is -2.55. The lowest BCUT2D eigenvalue weighted by molar-refractivity contribution is 0.579. The van der Waals surface area contributed by atoms with Gasteiger partial charge in [0, 0.05) is 0 Å². The van der Waals surface area contributed by atoms with Gasteiger partial charge in [0.05, 0.1) is 10.6 Å². The van der Waals surface area contributed by atoms with Crippen molar-refractivity contribution in [1.29, 1.82) is 5.41 Å². The van der Waals surface area contributed by atoms with Crippen molar-refractivity contribution >= 4 is 17.4 Å². The lowest BCUT2D eigenvalue weighted by Gasteiger charge is -2.02. The van der Waals surface area contributed by atoms with Gasteiger partial charge in [0.15, 0.2) is 5.82 Å². The van der Waals surface area contributed by atoms with E-state index in [9.17, 15) is 8.78 Å². The third-order valence-corrected chi connectivity index (χ3v) is 1.61. The molecule has 0 spiro atoms. The van der Waals surface area contributed by atoms with Crippen molar-refractivity contribution in [3.63, 3.8) is 0 Å². The van der Waals surface area contributed by atoms with Gasteiger partial charge in [-0.05, 0) is 12.1 Å². The van der Waals surface area contributed by atoms with E-state index < -0.39 is 23.0 Å². The minimum absolute atomic E-state index is 0.249. The molecule has 5 heteroatoms. The number of hydrogen-bond acceptors (Lipinski definition) is 1. The Kier molecular flexibility index (Phi) is 2.28. The van der Waals surface area contributed by atoms with E-state index in [0.29, 0.717) is 0 Å². The second-order valence-corrected chi connectivity index (χ2v) is 2.54. The van der Waals surface area contributed by atoms with Gasteiger partial charge in [-0.15, -0.1) is 0 Å². The van der Waals surface area contributed by atoms with Crippen molar-refractivity contribution in [3.05, 3.63) is 34.4 Å². The molecule has 0 aliphatic heterocycles. The summed E-state index contributed by atoms with van der Waals surface area (Å²) in [6, 6.07) is 2.03. The first kappa shape index (κ1) is 8.93. The summed E-state index contributed by atoms with van der Waals surface area (Å²) in [5, 5.41) is 6.60. The molecule has 12 heavy (non-hydrogen) atoms. The normalized spacial score (nSPS) is 9.92. The number of hydrogen-bond donors (Lipinski definition) is 2. The van der Waals surface area contributed by atoms with Crippen LogP contribution in [-0.4, -0.2) is 5.84 Å². The van der Waals surface area contributed by atoms with Gasteiger partial charge in [0.2, 0.25) is 0 Å². The molecule has 3 N–H and O–H groups in total. The molecule has 0 saturated heterocycles. The topological polar surface area (TPSA) is 49.9 Å². The molecular weight excluding hydrogens is 186 g/mol. The van der Waals surface area contributed by atoms with Crippen LogP contribution < -0.4 is 5.73 Å². The fourth-order valence-electron chi connectivity index (χ4n) is 0.774. The zero-order valence-electron chi connectivity index (χ0n) is 5.87. The number of amidine groups is 1. The molecule has 1 rings (SSSR count). The Morgan fingerprint density at radius 3 is 2.42 bits per heavy atom. The van der Waals surface area contributed by atoms with Gasteiger partial charge in [0.1, 0.15) is 11.7 Å². The molecule has 1 aromatic carbocycles. The highest BCUT2D eigenvalue weighted by molar-refractivity contribution is 6.31. The van der Waals surface area contributed by atoms with Crippen LogP contribution in [0.15, 0.2) is 12.1 Å². The number of halogens is 3. The fraction of sp³-hybridized carbons (Fsp3) is 0. The molecule has 0 radical (unpaired) electrons. The molecule has 0 unspecified atom stereocenters. The van der Waals surface area contributed by atoms with Gasteiger partial charge < -0.3 is 5.73 Å². The number of benzene rings is 1. The summed E-state index contributed by atoms with van der Waals surface area (Å²) in [4.78, 5) is 0. The number of rotatable bonds is 1. The van der Waals surface area contributed by atoms with Crippen LogP contribution in [0.4, 0.5) is 8.78 Å². The third kappa shape index (κ3) is 1.38. The monoisotopic (exact) mass is 190 g/mol. The molecule has 64 valence electrons. The quantitative estimate of drug-likeness (QED) is 0.397. The molecule has 2 nitrogen and oxygen atoms in total. The largest absolute Gasteiger partial charge is 0.384 e. The zero-order valence-corrected chi connectivity index (χ0v) is 6.62. The maximum Gasteiger partial charge on any atom is 0.155 e. The molecular formula is C7H5ClF2N2. The first-order chi connectivity index (χ1) is 5.54. The highest BCUT2D eigenvalue weighted by atomic mass is 35.5. The minimum atomic E-state index is -0.996. The Morgan fingerprint density at radius 1 is 1.42 bits per heavy atom. The lowest BCUT2D eigenvalue weighted by atomic mass is 10.2. The third-order valence-electron chi connectivity index (χ3n) is 1.31. The number of nitrogens with two attached hydrogens (primary N) is 1. The van der Waals surface area contributed by atoms with E-state index in [-0.39, 0.29) is 5.02 Å². The molecule has 0 amide bonds. The molecule has 0 saturated carbocycles. The first-order valence-corrected chi connectivity index (χ1v) is 3.39. The Balaban J connectivity index is 3.43. The molecule has 0 fully saturated rings. The van der Waals surface area contributed by atoms with Crippen molar-refractivity contribution in [3.8, 4) is 0 Å². The maximum atomic E-state index is 12.9. The summed E-state index contributed by atoms with van der Waals surface area (Å²) >= 11 is 5.34. The van der Waals surface area contributed by atoms with E-state index in [1.165, 1.54) is 0 Å². The number of nitrogen functional groups attached to an aromatic ring is 1. The molecule has 1 aromatic rings. The Morgan fingerprint density at radius 2 is 2.00 bits per heavy atom. The fourth-order valence-corrected chi connectivity index (χ4v) is 0.931. The predicted molar refractivity (Wildman–Crippen MR) is 42.4 cm³/mol. The Labute approximate surface area is 72.5 Å². The van der Waals surface area contributed by atoms with Crippen LogP contribution in [0.5, 0.6) is 0 Å². The van der Waals surface area contributed by atoms with E-state index in [2.05, 4.69) is 0 Å². The number of nitrogens with one attached hydrogen (secondary N) is 1. The van der Waals surface area contributed by atoms with Crippen LogP contribution >= 0.6 is 11.6 Å². The van der Waals surface area contributed by atoms with Crippen LogP contribution in [0.25, 0.3) is 0 Å². The molecule has 0 bridgehead atoms. The molecule has 0 atom stereocenters. The van der Waals surface area contributed by atoms with Crippen molar-refractivity contribution in [1.82, 2.24) is 0 Å². The molecule has 0 heterocycles. The lowest BCUT2D eigenvalue weighted by Crippen LogP contribution is -2.15. The van der Waals surface area contributed by atoms with Crippen molar-refractivity contribution in [2.24, 2.45) is 5.73 Å². The Hall–Kier alpha value is -1.16. The predicted octanol–water partition coefficient (Wildman–Crippen LogP) is 1.90. The van der Waals surface area contributed by atoms with Gasteiger partial charge in [-0.25, -0.2) is 8.78 Å². The summed E-state index contributed by atoms with van der Waals surface area (Å²) in [6.07, 6.45) is 0. The van der Waals surface area contributed by atoms with E-state index in [1.807, 2.05) is 0 Å². The molecule has 0 aliphatic rings. The van der Waals surface area contributed by atoms with Gasteiger partial charge in [-0.2, -0.15) is 0 Å². The SMILES string of the molecule is N=C(N)c1c(F)ccc(Cl)c1F.